The van der Waals surface area contributed by atoms with Gasteiger partial charge in [-0.25, -0.2) is 9.18 Å². The Morgan fingerprint density at radius 3 is 2.36 bits per heavy atom. The maximum Gasteiger partial charge on any atom is 0.410 e. The number of halogens is 1. The number of nitriles is 1. The van der Waals surface area contributed by atoms with Gasteiger partial charge in [0.1, 0.15) is 11.4 Å². The number of hydrogen-bond donors (Lipinski definition) is 1. The van der Waals surface area contributed by atoms with Gasteiger partial charge < -0.3 is 19.4 Å². The van der Waals surface area contributed by atoms with Gasteiger partial charge in [0.25, 0.3) is 0 Å². The number of ether oxygens (including phenoxy) is 1. The normalized spacial score (nSPS) is 14.2. The molecular weight excluding hydrogens is 537 g/mol. The smallest absolute Gasteiger partial charge is 0.410 e. The minimum Gasteiger partial charge on any atom is -0.444 e. The van der Waals surface area contributed by atoms with Crippen molar-refractivity contribution in [2.24, 2.45) is 0 Å². The highest BCUT2D eigenvalue weighted by molar-refractivity contribution is 5.96. The highest BCUT2D eigenvalue weighted by Crippen LogP contribution is 2.26. The number of rotatable bonds is 10. The first-order valence-electron chi connectivity index (χ1n) is 14.2. The summed E-state index contributed by atoms with van der Waals surface area (Å²) in [6.07, 6.45) is 0.764. The number of hydrogen-bond acceptors (Lipinski definition) is 6. The van der Waals surface area contributed by atoms with Crippen LogP contribution in [0.15, 0.2) is 36.4 Å². The molecule has 0 radical (unpaired) electrons. The molecule has 10 heteroatoms. The zero-order valence-corrected chi connectivity index (χ0v) is 25.7. The lowest BCUT2D eigenvalue weighted by Gasteiger charge is -2.33. The van der Waals surface area contributed by atoms with E-state index in [1.807, 2.05) is 20.8 Å². The van der Waals surface area contributed by atoms with Gasteiger partial charge in [-0.1, -0.05) is 12.1 Å². The van der Waals surface area contributed by atoms with E-state index < -0.39 is 11.7 Å². The van der Waals surface area contributed by atoms with Crippen LogP contribution in [0.5, 0.6) is 0 Å². The number of carbonyl (C=O) groups is 3. The molecule has 0 heterocycles. The van der Waals surface area contributed by atoms with Crippen LogP contribution in [0, 0.1) is 24.1 Å². The number of nitrogens with zero attached hydrogens (tertiary/aromatic N) is 4. The lowest BCUT2D eigenvalue weighted by molar-refractivity contribution is -0.130. The number of likely N-dealkylation sites (N-methyl/N-ethyl adjacent to an activating group) is 1. The van der Waals surface area contributed by atoms with Gasteiger partial charge in [0, 0.05) is 37.9 Å². The second kappa shape index (κ2) is 13.8. The quantitative estimate of drug-likeness (QED) is 0.452. The van der Waals surface area contributed by atoms with E-state index in [9.17, 15) is 24.0 Å². The van der Waals surface area contributed by atoms with E-state index in [1.165, 1.54) is 12.1 Å². The molecule has 0 bridgehead atoms. The summed E-state index contributed by atoms with van der Waals surface area (Å²) >= 11 is 0. The average molecular weight is 580 g/mol. The van der Waals surface area contributed by atoms with Gasteiger partial charge in [0.15, 0.2) is 0 Å². The fourth-order valence-electron chi connectivity index (χ4n) is 4.98. The summed E-state index contributed by atoms with van der Waals surface area (Å²) in [5.41, 5.74) is 3.05. The Kier molecular flexibility index (Phi) is 10.7. The minimum atomic E-state index is -0.668. The zero-order valence-electron chi connectivity index (χ0n) is 25.7. The first-order chi connectivity index (χ1) is 19.7. The summed E-state index contributed by atoms with van der Waals surface area (Å²) in [6, 6.07) is 11.7. The Balaban J connectivity index is 1.68. The Hall–Kier alpha value is -3.97. The van der Waals surface area contributed by atoms with Crippen molar-refractivity contribution in [1.29, 1.82) is 5.26 Å². The average Bonchev–Trinajstić information content (AvgIpc) is 3.33. The Morgan fingerprint density at radius 2 is 1.71 bits per heavy atom. The van der Waals surface area contributed by atoms with Crippen LogP contribution in [0.3, 0.4) is 0 Å². The fraction of sp³-hybridized carbons (Fsp3) is 0.500. The van der Waals surface area contributed by atoms with Crippen molar-refractivity contribution in [1.82, 2.24) is 15.1 Å². The van der Waals surface area contributed by atoms with Crippen LogP contribution in [0.25, 0.3) is 0 Å². The third-order valence-electron chi connectivity index (χ3n) is 7.32. The van der Waals surface area contributed by atoms with Crippen molar-refractivity contribution < 1.29 is 23.5 Å². The van der Waals surface area contributed by atoms with Gasteiger partial charge in [-0.3, -0.25) is 14.9 Å². The van der Waals surface area contributed by atoms with Crippen molar-refractivity contribution in [2.45, 2.75) is 72.1 Å². The topological polar surface area (TPSA) is 106 Å². The molecular formula is C32H42FN5O4. The SMILES string of the molecule is Cc1ccc(C#N)cc1N(CCN(C(=O)OC(C)(C)C)C(C)C)C(=O)CNCC(=O)N(C)C1Cc2ccc(F)cc2C1. The molecule has 0 saturated carbocycles. The predicted octanol–water partition coefficient (Wildman–Crippen LogP) is 4.20. The Bertz CT molecular complexity index is 1350. The molecule has 0 aromatic heterocycles. The van der Waals surface area contributed by atoms with Crippen LogP contribution in [0.4, 0.5) is 14.9 Å². The standard InChI is InChI=1S/C32H42FN5O4/c1-21(2)37(31(41)42-32(4,5)6)12-13-38(28-14-23(18-34)9-8-22(28)3)30(40)20-35-19-29(39)36(7)27-16-24-10-11-26(33)15-25(24)17-27/h8-11,14-15,21,27,35H,12-13,16-17,19-20H2,1-7H3. The third kappa shape index (κ3) is 8.52. The molecule has 2 aromatic rings. The molecule has 0 spiro atoms. The van der Waals surface area contributed by atoms with E-state index in [1.54, 1.807) is 66.8 Å². The summed E-state index contributed by atoms with van der Waals surface area (Å²) in [6.45, 7) is 11.2. The van der Waals surface area contributed by atoms with E-state index in [0.717, 1.165) is 16.7 Å². The third-order valence-corrected chi connectivity index (χ3v) is 7.32. The predicted molar refractivity (Wildman–Crippen MR) is 160 cm³/mol. The molecule has 9 nitrogen and oxygen atoms in total. The first kappa shape index (κ1) is 32.5. The number of amides is 3. The molecule has 2 aromatic carbocycles. The van der Waals surface area contributed by atoms with Crippen LogP contribution < -0.4 is 10.2 Å². The molecule has 1 aliphatic carbocycles. The summed E-state index contributed by atoms with van der Waals surface area (Å²) in [5.74, 6) is -0.766. The molecule has 1 N–H and O–H groups in total. The summed E-state index contributed by atoms with van der Waals surface area (Å²) in [5, 5.41) is 12.4. The Labute approximate surface area is 248 Å². The molecule has 226 valence electrons. The highest BCUT2D eigenvalue weighted by Gasteiger charge is 2.29. The maximum atomic E-state index is 13.6. The van der Waals surface area contributed by atoms with Crippen LogP contribution in [-0.2, 0) is 27.2 Å². The summed E-state index contributed by atoms with van der Waals surface area (Å²) in [7, 11) is 1.72. The van der Waals surface area contributed by atoms with Gasteiger partial charge in [-0.2, -0.15) is 5.26 Å². The number of fused-ring (bicyclic) bond motifs is 1. The molecule has 3 rings (SSSR count). The van der Waals surface area contributed by atoms with Crippen molar-refractivity contribution >= 4 is 23.6 Å². The second-order valence-corrected chi connectivity index (χ2v) is 12.0. The minimum absolute atomic E-state index is 0.0511. The van der Waals surface area contributed by atoms with Crippen LogP contribution in [0.2, 0.25) is 0 Å². The van der Waals surface area contributed by atoms with Gasteiger partial charge in [0.05, 0.1) is 24.7 Å². The van der Waals surface area contributed by atoms with E-state index in [0.29, 0.717) is 24.1 Å². The lowest BCUT2D eigenvalue weighted by atomic mass is 10.1. The largest absolute Gasteiger partial charge is 0.444 e. The number of nitrogens with one attached hydrogen (secondary N) is 1. The molecule has 1 aliphatic rings. The van der Waals surface area contributed by atoms with Gasteiger partial charge in [-0.05, 0) is 95.3 Å². The summed E-state index contributed by atoms with van der Waals surface area (Å²) in [4.78, 5) is 44.1. The van der Waals surface area contributed by atoms with E-state index in [2.05, 4.69) is 11.4 Å². The first-order valence-corrected chi connectivity index (χ1v) is 14.2. The molecule has 1 atom stereocenters. The van der Waals surface area contributed by atoms with Crippen LogP contribution in [0.1, 0.15) is 56.9 Å². The van der Waals surface area contributed by atoms with E-state index >= 15 is 0 Å². The number of aryl methyl sites for hydroxylation is 1. The number of anilines is 1. The molecule has 0 aliphatic heterocycles. The summed E-state index contributed by atoms with van der Waals surface area (Å²) < 4.78 is 19.2. The van der Waals surface area contributed by atoms with E-state index in [4.69, 9.17) is 4.74 Å². The van der Waals surface area contributed by atoms with Crippen LogP contribution >= 0.6 is 0 Å². The second-order valence-electron chi connectivity index (χ2n) is 12.0. The van der Waals surface area contributed by atoms with Crippen molar-refractivity contribution in [3.63, 3.8) is 0 Å². The zero-order chi connectivity index (χ0) is 31.2. The highest BCUT2D eigenvalue weighted by atomic mass is 19.1. The maximum absolute atomic E-state index is 13.6. The molecule has 3 amide bonds. The monoisotopic (exact) mass is 579 g/mol. The van der Waals surface area contributed by atoms with Crippen LogP contribution in [-0.4, -0.2) is 78.6 Å². The molecule has 42 heavy (non-hydrogen) atoms. The number of benzene rings is 2. The molecule has 1 unspecified atom stereocenters. The lowest BCUT2D eigenvalue weighted by Crippen LogP contribution is -2.48. The molecule has 0 fully saturated rings. The molecule has 0 saturated heterocycles. The van der Waals surface area contributed by atoms with Crippen molar-refractivity contribution in [3.8, 4) is 6.07 Å². The number of carbonyl (C=O) groups excluding carboxylic acids is 3. The van der Waals surface area contributed by atoms with Crippen molar-refractivity contribution in [2.75, 3.05) is 38.1 Å². The van der Waals surface area contributed by atoms with Gasteiger partial charge >= 0.3 is 6.09 Å². The van der Waals surface area contributed by atoms with Gasteiger partial charge in [-0.15, -0.1) is 0 Å². The van der Waals surface area contributed by atoms with Crippen molar-refractivity contribution in [3.05, 3.63) is 64.5 Å². The fourth-order valence-corrected chi connectivity index (χ4v) is 4.98. The Morgan fingerprint density at radius 1 is 1.05 bits per heavy atom. The van der Waals surface area contributed by atoms with E-state index in [-0.39, 0.29) is 55.9 Å². The van der Waals surface area contributed by atoms with Gasteiger partial charge in [0.2, 0.25) is 11.8 Å².